The lowest BCUT2D eigenvalue weighted by atomic mass is 9.78. The molecule has 4 rings (SSSR count). The van der Waals surface area contributed by atoms with E-state index >= 15 is 0 Å². The van der Waals surface area contributed by atoms with Crippen molar-refractivity contribution in [1.82, 2.24) is 24.7 Å². The molecule has 3 amide bonds. The molecule has 1 N–H and O–H groups in total. The van der Waals surface area contributed by atoms with Gasteiger partial charge in [0.2, 0.25) is 17.7 Å². The van der Waals surface area contributed by atoms with Crippen LogP contribution in [0.3, 0.4) is 0 Å². The third-order valence-corrected chi connectivity index (χ3v) is 6.46. The van der Waals surface area contributed by atoms with E-state index in [0.717, 1.165) is 17.8 Å². The SMILES string of the molecule is CCC(=O)N1CCc2[nH]cnc2C12CCN(C(=O)[C@@H]1CC(=O)N(C)C1)CC2. The summed E-state index contributed by atoms with van der Waals surface area (Å²) in [4.78, 5) is 50.6. The highest BCUT2D eigenvalue weighted by molar-refractivity contribution is 5.89. The number of likely N-dealkylation sites (tertiary alicyclic amines) is 2. The fourth-order valence-electron chi connectivity index (χ4n) is 4.92. The summed E-state index contributed by atoms with van der Waals surface area (Å²) in [6.07, 6.45) is 4.67. The Morgan fingerprint density at radius 1 is 1.30 bits per heavy atom. The first-order chi connectivity index (χ1) is 13.0. The Balaban J connectivity index is 1.53. The topological polar surface area (TPSA) is 89.6 Å². The molecular weight excluding hydrogens is 346 g/mol. The number of H-pyrrole nitrogens is 1. The highest BCUT2D eigenvalue weighted by Gasteiger charge is 2.49. The number of nitrogens with one attached hydrogen (secondary N) is 1. The third kappa shape index (κ3) is 2.82. The molecule has 1 aromatic heterocycles. The molecular formula is C19H27N5O3. The minimum Gasteiger partial charge on any atom is -0.348 e. The molecule has 0 saturated carbocycles. The second kappa shape index (κ2) is 6.65. The Kier molecular flexibility index (Phi) is 4.44. The van der Waals surface area contributed by atoms with Crippen molar-refractivity contribution in [2.75, 3.05) is 33.2 Å². The van der Waals surface area contributed by atoms with Crippen LogP contribution < -0.4 is 0 Å². The van der Waals surface area contributed by atoms with Crippen molar-refractivity contribution in [1.29, 1.82) is 0 Å². The highest BCUT2D eigenvalue weighted by Crippen LogP contribution is 2.42. The zero-order valence-electron chi connectivity index (χ0n) is 16.0. The van der Waals surface area contributed by atoms with Crippen LogP contribution in [0, 0.1) is 5.92 Å². The summed E-state index contributed by atoms with van der Waals surface area (Å²) in [5, 5.41) is 0. The number of rotatable bonds is 2. The summed E-state index contributed by atoms with van der Waals surface area (Å²) in [5.74, 6) is 0.00707. The number of carbonyl (C=O) groups excluding carboxylic acids is 3. The lowest BCUT2D eigenvalue weighted by molar-refractivity contribution is -0.145. The smallest absolute Gasteiger partial charge is 0.227 e. The van der Waals surface area contributed by atoms with Crippen LogP contribution in [-0.4, -0.2) is 75.6 Å². The van der Waals surface area contributed by atoms with Crippen LogP contribution in [0.2, 0.25) is 0 Å². The number of carbonyl (C=O) groups is 3. The maximum Gasteiger partial charge on any atom is 0.227 e. The Morgan fingerprint density at radius 2 is 2.04 bits per heavy atom. The monoisotopic (exact) mass is 373 g/mol. The average molecular weight is 373 g/mol. The van der Waals surface area contributed by atoms with Gasteiger partial charge in [0.25, 0.3) is 0 Å². The summed E-state index contributed by atoms with van der Waals surface area (Å²) >= 11 is 0. The van der Waals surface area contributed by atoms with Gasteiger partial charge in [0.1, 0.15) is 0 Å². The van der Waals surface area contributed by atoms with E-state index in [1.54, 1.807) is 18.3 Å². The number of nitrogens with zero attached hydrogens (tertiary/aromatic N) is 4. The minimum atomic E-state index is -0.417. The molecule has 1 atom stereocenters. The number of piperidine rings is 1. The van der Waals surface area contributed by atoms with Gasteiger partial charge in [0.05, 0.1) is 23.5 Å². The Hall–Kier alpha value is -2.38. The molecule has 0 aliphatic carbocycles. The molecule has 1 spiro atoms. The molecule has 2 fully saturated rings. The number of imidazole rings is 1. The molecule has 3 aliphatic heterocycles. The van der Waals surface area contributed by atoms with Crippen LogP contribution in [0.1, 0.15) is 44.0 Å². The maximum absolute atomic E-state index is 12.9. The van der Waals surface area contributed by atoms with E-state index in [-0.39, 0.29) is 23.6 Å². The number of hydrogen-bond acceptors (Lipinski definition) is 4. The van der Waals surface area contributed by atoms with E-state index in [1.807, 2.05) is 16.7 Å². The van der Waals surface area contributed by atoms with E-state index in [2.05, 4.69) is 9.97 Å². The van der Waals surface area contributed by atoms with Gasteiger partial charge in [0.15, 0.2) is 0 Å². The minimum absolute atomic E-state index is 0.0370. The molecule has 2 saturated heterocycles. The van der Waals surface area contributed by atoms with Crippen molar-refractivity contribution in [2.45, 2.75) is 44.6 Å². The average Bonchev–Trinajstić information content (AvgIpc) is 3.29. The Labute approximate surface area is 158 Å². The van der Waals surface area contributed by atoms with Crippen LogP contribution >= 0.6 is 0 Å². The number of aromatic nitrogens is 2. The van der Waals surface area contributed by atoms with Gasteiger partial charge in [-0.2, -0.15) is 0 Å². The van der Waals surface area contributed by atoms with Crippen LogP contribution in [-0.2, 0) is 26.3 Å². The molecule has 4 heterocycles. The van der Waals surface area contributed by atoms with Gasteiger partial charge >= 0.3 is 0 Å². The van der Waals surface area contributed by atoms with Gasteiger partial charge in [0, 0.05) is 58.2 Å². The maximum atomic E-state index is 12.9. The van der Waals surface area contributed by atoms with Crippen LogP contribution in [0.4, 0.5) is 0 Å². The van der Waals surface area contributed by atoms with E-state index < -0.39 is 5.54 Å². The molecule has 1 aromatic rings. The van der Waals surface area contributed by atoms with E-state index in [0.29, 0.717) is 51.9 Å². The van der Waals surface area contributed by atoms with Gasteiger partial charge < -0.3 is 19.7 Å². The molecule has 8 nitrogen and oxygen atoms in total. The predicted octanol–water partition coefficient (Wildman–Crippen LogP) is 0.500. The molecule has 0 radical (unpaired) electrons. The molecule has 3 aliphatic rings. The standard InChI is InChI=1S/C19H27N5O3/c1-3-15(25)24-7-4-14-17(21-12-20-14)19(24)5-8-23(9-6-19)18(27)13-10-16(26)22(2)11-13/h12-13H,3-11H2,1-2H3,(H,20,21)/t13-/m1/s1. The van der Waals surface area contributed by atoms with Crippen LogP contribution in [0.15, 0.2) is 6.33 Å². The van der Waals surface area contributed by atoms with E-state index in [4.69, 9.17) is 0 Å². The number of aromatic amines is 1. The largest absolute Gasteiger partial charge is 0.348 e. The third-order valence-electron chi connectivity index (χ3n) is 6.46. The van der Waals surface area contributed by atoms with Crippen molar-refractivity contribution in [3.05, 3.63) is 17.7 Å². The predicted molar refractivity (Wildman–Crippen MR) is 97.5 cm³/mol. The van der Waals surface area contributed by atoms with Crippen molar-refractivity contribution >= 4 is 17.7 Å². The van der Waals surface area contributed by atoms with E-state index in [1.165, 1.54) is 0 Å². The van der Waals surface area contributed by atoms with Crippen molar-refractivity contribution < 1.29 is 14.4 Å². The molecule has 8 heteroatoms. The van der Waals surface area contributed by atoms with E-state index in [9.17, 15) is 14.4 Å². The van der Waals surface area contributed by atoms with Crippen LogP contribution in [0.5, 0.6) is 0 Å². The Bertz CT molecular complexity index is 765. The second-order valence-corrected chi connectivity index (χ2v) is 7.91. The quantitative estimate of drug-likeness (QED) is 0.818. The second-order valence-electron chi connectivity index (χ2n) is 7.91. The summed E-state index contributed by atoms with van der Waals surface area (Å²) in [5.41, 5.74) is 1.66. The zero-order valence-corrected chi connectivity index (χ0v) is 16.0. The Morgan fingerprint density at radius 3 is 2.67 bits per heavy atom. The normalized spacial score (nSPS) is 24.4. The van der Waals surface area contributed by atoms with Gasteiger partial charge in [-0.1, -0.05) is 6.92 Å². The fourth-order valence-corrected chi connectivity index (χ4v) is 4.92. The van der Waals surface area contributed by atoms with Gasteiger partial charge in [-0.3, -0.25) is 14.4 Å². The zero-order chi connectivity index (χ0) is 19.2. The fraction of sp³-hybridized carbons (Fsp3) is 0.684. The van der Waals surface area contributed by atoms with Gasteiger partial charge in [-0.05, 0) is 12.8 Å². The first kappa shape index (κ1) is 18.0. The number of amides is 3. The molecule has 0 bridgehead atoms. The molecule has 0 aromatic carbocycles. The van der Waals surface area contributed by atoms with Crippen molar-refractivity contribution in [2.24, 2.45) is 5.92 Å². The van der Waals surface area contributed by atoms with Crippen molar-refractivity contribution in [3.8, 4) is 0 Å². The van der Waals surface area contributed by atoms with Crippen LogP contribution in [0.25, 0.3) is 0 Å². The summed E-state index contributed by atoms with van der Waals surface area (Å²) in [6, 6.07) is 0. The summed E-state index contributed by atoms with van der Waals surface area (Å²) in [6.45, 7) is 4.27. The first-order valence-electron chi connectivity index (χ1n) is 9.82. The summed E-state index contributed by atoms with van der Waals surface area (Å²) < 4.78 is 0. The molecule has 146 valence electrons. The lowest BCUT2D eigenvalue weighted by Crippen LogP contribution is -2.59. The van der Waals surface area contributed by atoms with Crippen molar-refractivity contribution in [3.63, 3.8) is 0 Å². The molecule has 0 unspecified atom stereocenters. The number of hydrogen-bond donors (Lipinski definition) is 1. The van der Waals surface area contributed by atoms with Gasteiger partial charge in [-0.15, -0.1) is 0 Å². The highest BCUT2D eigenvalue weighted by atomic mass is 16.2. The summed E-state index contributed by atoms with van der Waals surface area (Å²) in [7, 11) is 1.75. The first-order valence-corrected chi connectivity index (χ1v) is 9.82. The number of fused-ring (bicyclic) bond motifs is 2. The molecule has 27 heavy (non-hydrogen) atoms. The lowest BCUT2D eigenvalue weighted by Gasteiger charge is -2.50. The van der Waals surface area contributed by atoms with Gasteiger partial charge in [-0.25, -0.2) is 4.98 Å².